The van der Waals surface area contributed by atoms with Gasteiger partial charge in [0.05, 0.1) is 18.4 Å². The van der Waals surface area contributed by atoms with Crippen molar-refractivity contribution in [2.45, 2.75) is 27.1 Å². The van der Waals surface area contributed by atoms with Gasteiger partial charge >= 0.3 is 0 Å². The van der Waals surface area contributed by atoms with Crippen LogP contribution < -0.4 is 10.1 Å². The van der Waals surface area contributed by atoms with Crippen LogP contribution in [-0.4, -0.2) is 25.5 Å². The highest BCUT2D eigenvalue weighted by Gasteiger charge is 2.12. The molecule has 0 atom stereocenters. The molecule has 0 saturated heterocycles. The molecule has 7 nitrogen and oxygen atoms in total. The molecule has 158 valence electrons. The largest absolute Gasteiger partial charge is 0.471 e. The first-order valence-electron chi connectivity index (χ1n) is 9.78. The van der Waals surface area contributed by atoms with E-state index in [1.54, 1.807) is 34.0 Å². The van der Waals surface area contributed by atoms with Crippen LogP contribution >= 0.6 is 11.6 Å². The molecule has 0 aliphatic heterocycles. The number of aromatic nitrogens is 4. The standard InChI is InChI=1S/C23H22ClN5O2/c1-16-3-8-22(17(2)11-16)31-15-28-10-9-21(27-28)23(30)26-20-12-25-29(14-20)13-18-4-6-19(24)7-5-18/h3-12,14H,13,15H2,1-2H3,(H,26,30). The number of hydrogen-bond donors (Lipinski definition) is 1. The minimum atomic E-state index is -0.309. The molecule has 2 aromatic heterocycles. The van der Waals surface area contributed by atoms with Crippen LogP contribution in [0.5, 0.6) is 5.75 Å². The number of nitrogens with zero attached hydrogens (tertiary/aromatic N) is 4. The zero-order valence-electron chi connectivity index (χ0n) is 17.2. The third-order valence-corrected chi connectivity index (χ3v) is 4.96. The molecule has 8 heteroatoms. The van der Waals surface area contributed by atoms with Gasteiger partial charge in [-0.1, -0.05) is 41.4 Å². The molecule has 0 bridgehead atoms. The third kappa shape index (κ3) is 5.32. The van der Waals surface area contributed by atoms with Gasteiger partial charge in [-0.2, -0.15) is 10.2 Å². The van der Waals surface area contributed by atoms with Crippen molar-refractivity contribution in [3.8, 4) is 5.75 Å². The van der Waals surface area contributed by atoms with Crippen LogP contribution in [0.15, 0.2) is 67.1 Å². The van der Waals surface area contributed by atoms with Crippen LogP contribution in [0.3, 0.4) is 0 Å². The average Bonchev–Trinajstić information content (AvgIpc) is 3.39. The molecule has 0 saturated carbocycles. The fourth-order valence-corrected chi connectivity index (χ4v) is 3.26. The first kappa shape index (κ1) is 20.7. The normalized spacial score (nSPS) is 10.8. The second-order valence-corrected chi connectivity index (χ2v) is 7.73. The second kappa shape index (κ2) is 9.06. The Balaban J connectivity index is 1.33. The molecular formula is C23H22ClN5O2. The molecule has 1 amide bonds. The number of rotatable bonds is 7. The number of ether oxygens (including phenoxy) is 1. The Bertz CT molecular complexity index is 1200. The lowest BCUT2D eigenvalue weighted by Gasteiger charge is -2.09. The number of halogens is 1. The van der Waals surface area contributed by atoms with Crippen molar-refractivity contribution in [2.75, 3.05) is 5.32 Å². The summed E-state index contributed by atoms with van der Waals surface area (Å²) in [5.74, 6) is 0.483. The molecule has 4 rings (SSSR count). The van der Waals surface area contributed by atoms with Crippen LogP contribution in [0.25, 0.3) is 0 Å². The van der Waals surface area contributed by atoms with E-state index >= 15 is 0 Å². The summed E-state index contributed by atoms with van der Waals surface area (Å²) in [4.78, 5) is 12.5. The predicted molar refractivity (Wildman–Crippen MR) is 120 cm³/mol. The Kier molecular flexibility index (Phi) is 6.04. The quantitative estimate of drug-likeness (QED) is 0.457. The van der Waals surface area contributed by atoms with Gasteiger partial charge in [0.25, 0.3) is 5.91 Å². The lowest BCUT2D eigenvalue weighted by atomic mass is 10.1. The summed E-state index contributed by atoms with van der Waals surface area (Å²) in [6.07, 6.45) is 5.09. The van der Waals surface area contributed by atoms with Gasteiger partial charge in [0, 0.05) is 17.4 Å². The van der Waals surface area contributed by atoms with Gasteiger partial charge in [0.2, 0.25) is 0 Å². The molecule has 1 N–H and O–H groups in total. The Morgan fingerprint density at radius 1 is 1.10 bits per heavy atom. The van der Waals surface area contributed by atoms with Gasteiger partial charge in [0.1, 0.15) is 5.75 Å². The van der Waals surface area contributed by atoms with Gasteiger partial charge in [-0.15, -0.1) is 0 Å². The Hall–Kier alpha value is -3.58. The molecule has 4 aromatic rings. The number of carbonyl (C=O) groups is 1. The minimum absolute atomic E-state index is 0.218. The Morgan fingerprint density at radius 3 is 2.68 bits per heavy atom. The fourth-order valence-electron chi connectivity index (χ4n) is 3.14. The van der Waals surface area contributed by atoms with E-state index in [1.807, 2.05) is 50.2 Å². The van der Waals surface area contributed by atoms with Crippen molar-refractivity contribution in [1.82, 2.24) is 19.6 Å². The lowest BCUT2D eigenvalue weighted by Crippen LogP contribution is -2.14. The van der Waals surface area contributed by atoms with E-state index < -0.39 is 0 Å². The van der Waals surface area contributed by atoms with Crippen molar-refractivity contribution in [2.24, 2.45) is 0 Å². The number of anilines is 1. The number of amides is 1. The van der Waals surface area contributed by atoms with E-state index in [0.29, 0.717) is 22.9 Å². The molecule has 0 unspecified atom stereocenters. The van der Waals surface area contributed by atoms with E-state index in [2.05, 4.69) is 21.6 Å². The summed E-state index contributed by atoms with van der Waals surface area (Å²) in [7, 11) is 0. The molecule has 0 aliphatic carbocycles. The minimum Gasteiger partial charge on any atom is -0.471 e. The van der Waals surface area contributed by atoms with Gasteiger partial charge < -0.3 is 10.1 Å². The number of aryl methyl sites for hydroxylation is 2. The van der Waals surface area contributed by atoms with Crippen LogP contribution in [0.1, 0.15) is 27.2 Å². The van der Waals surface area contributed by atoms with Crippen molar-refractivity contribution in [3.63, 3.8) is 0 Å². The Labute approximate surface area is 185 Å². The van der Waals surface area contributed by atoms with Gasteiger partial charge in [-0.3, -0.25) is 9.48 Å². The summed E-state index contributed by atoms with van der Waals surface area (Å²) in [6.45, 7) is 4.83. The van der Waals surface area contributed by atoms with E-state index in [-0.39, 0.29) is 12.6 Å². The number of hydrogen-bond acceptors (Lipinski definition) is 4. The summed E-state index contributed by atoms with van der Waals surface area (Å²) in [5.41, 5.74) is 4.20. The fraction of sp³-hybridized carbons (Fsp3) is 0.174. The average molecular weight is 436 g/mol. The monoisotopic (exact) mass is 435 g/mol. The highest BCUT2D eigenvalue weighted by molar-refractivity contribution is 6.30. The smallest absolute Gasteiger partial charge is 0.276 e. The maximum absolute atomic E-state index is 12.5. The van der Waals surface area contributed by atoms with E-state index in [9.17, 15) is 4.79 Å². The number of carbonyl (C=O) groups excluding carboxylic acids is 1. The van der Waals surface area contributed by atoms with Crippen molar-refractivity contribution in [3.05, 3.63) is 94.5 Å². The maximum Gasteiger partial charge on any atom is 0.276 e. The van der Waals surface area contributed by atoms with Crippen LogP contribution in [-0.2, 0) is 13.3 Å². The highest BCUT2D eigenvalue weighted by Crippen LogP contribution is 2.19. The highest BCUT2D eigenvalue weighted by atomic mass is 35.5. The molecule has 0 fully saturated rings. The van der Waals surface area contributed by atoms with Gasteiger partial charge in [-0.25, -0.2) is 4.68 Å². The van der Waals surface area contributed by atoms with E-state index in [1.165, 1.54) is 5.56 Å². The van der Waals surface area contributed by atoms with Crippen LogP contribution in [0.2, 0.25) is 5.02 Å². The van der Waals surface area contributed by atoms with Gasteiger partial charge in [0.15, 0.2) is 12.4 Å². The maximum atomic E-state index is 12.5. The molecular weight excluding hydrogens is 414 g/mol. The second-order valence-electron chi connectivity index (χ2n) is 7.29. The molecule has 0 radical (unpaired) electrons. The topological polar surface area (TPSA) is 74.0 Å². The first-order valence-corrected chi connectivity index (χ1v) is 10.2. The van der Waals surface area contributed by atoms with Crippen molar-refractivity contribution in [1.29, 1.82) is 0 Å². The SMILES string of the molecule is Cc1ccc(OCn2ccc(C(=O)Nc3cnn(Cc4ccc(Cl)cc4)c3)n2)c(C)c1. The Morgan fingerprint density at radius 2 is 1.90 bits per heavy atom. The van der Waals surface area contributed by atoms with E-state index in [0.717, 1.165) is 16.9 Å². The third-order valence-electron chi connectivity index (χ3n) is 4.71. The molecule has 2 heterocycles. The first-order chi connectivity index (χ1) is 15.0. The summed E-state index contributed by atoms with van der Waals surface area (Å²) in [5, 5.41) is 12.1. The number of benzene rings is 2. The van der Waals surface area contributed by atoms with Crippen molar-refractivity contribution >= 4 is 23.2 Å². The summed E-state index contributed by atoms with van der Waals surface area (Å²) in [6, 6.07) is 15.2. The van der Waals surface area contributed by atoms with Gasteiger partial charge in [-0.05, 0) is 49.2 Å². The van der Waals surface area contributed by atoms with Crippen LogP contribution in [0.4, 0.5) is 5.69 Å². The molecule has 2 aromatic carbocycles. The van der Waals surface area contributed by atoms with Crippen LogP contribution in [0, 0.1) is 13.8 Å². The zero-order valence-corrected chi connectivity index (χ0v) is 18.0. The number of nitrogens with one attached hydrogen (secondary N) is 1. The molecule has 0 spiro atoms. The summed E-state index contributed by atoms with van der Waals surface area (Å²) >= 11 is 5.91. The lowest BCUT2D eigenvalue weighted by molar-refractivity contribution is 0.102. The molecule has 0 aliphatic rings. The summed E-state index contributed by atoms with van der Waals surface area (Å²) < 4.78 is 9.13. The molecule has 31 heavy (non-hydrogen) atoms. The zero-order chi connectivity index (χ0) is 21.8. The van der Waals surface area contributed by atoms with E-state index in [4.69, 9.17) is 16.3 Å². The van der Waals surface area contributed by atoms with Crippen molar-refractivity contribution < 1.29 is 9.53 Å². The predicted octanol–water partition coefficient (Wildman–Crippen LogP) is 4.69.